The molecule has 3 rings (SSSR count). The first-order chi connectivity index (χ1) is 13.2. The van der Waals surface area contributed by atoms with E-state index < -0.39 is 17.8 Å². The maximum absolute atomic E-state index is 12.8. The first-order valence-corrected chi connectivity index (χ1v) is 8.68. The molecule has 0 saturated carbocycles. The number of rotatable bonds is 5. The number of para-hydroxylation sites is 1. The van der Waals surface area contributed by atoms with E-state index in [9.17, 15) is 22.8 Å². The molecule has 2 aromatic carbocycles. The third kappa shape index (κ3) is 4.57. The summed E-state index contributed by atoms with van der Waals surface area (Å²) in [6.07, 6.45) is -4.18. The third-order valence-corrected chi connectivity index (χ3v) is 4.34. The first kappa shape index (κ1) is 19.6. The Balaban J connectivity index is 1.64. The number of hydrogen-bond acceptors (Lipinski definition) is 3. The largest absolute Gasteiger partial charge is 0.416 e. The Kier molecular flexibility index (Phi) is 5.48. The van der Waals surface area contributed by atoms with Crippen molar-refractivity contribution in [3.8, 4) is 0 Å². The topological polar surface area (TPSA) is 74.8 Å². The highest BCUT2D eigenvalue weighted by atomic mass is 19.4. The molecule has 0 spiro atoms. The van der Waals surface area contributed by atoms with E-state index in [1.165, 1.54) is 12.1 Å². The number of fused-ring (bicyclic) bond motifs is 1. The van der Waals surface area contributed by atoms with Gasteiger partial charge in [-0.25, -0.2) is 4.98 Å². The summed E-state index contributed by atoms with van der Waals surface area (Å²) in [5.41, 5.74) is -0.137. The number of halogens is 3. The van der Waals surface area contributed by atoms with Crippen LogP contribution in [-0.4, -0.2) is 15.9 Å². The Morgan fingerprint density at radius 1 is 1.18 bits per heavy atom. The van der Waals surface area contributed by atoms with Crippen LogP contribution in [0, 0.1) is 0 Å². The summed E-state index contributed by atoms with van der Waals surface area (Å²) in [5.74, 6) is 0.0336. The molecule has 28 heavy (non-hydrogen) atoms. The molecule has 1 atom stereocenters. The summed E-state index contributed by atoms with van der Waals surface area (Å²) in [7, 11) is 0. The van der Waals surface area contributed by atoms with Gasteiger partial charge in [-0.2, -0.15) is 13.2 Å². The van der Waals surface area contributed by atoms with Gasteiger partial charge in [0.2, 0.25) is 5.91 Å². The fourth-order valence-corrected chi connectivity index (χ4v) is 2.87. The van der Waals surface area contributed by atoms with Crippen molar-refractivity contribution in [2.75, 3.05) is 0 Å². The fraction of sp³-hybridized carbons (Fsp3) is 0.250. The van der Waals surface area contributed by atoms with Crippen molar-refractivity contribution in [1.82, 2.24) is 15.3 Å². The smallest absolute Gasteiger partial charge is 0.350 e. The van der Waals surface area contributed by atoms with Crippen LogP contribution in [0.3, 0.4) is 0 Å². The van der Waals surface area contributed by atoms with Crippen LogP contribution < -0.4 is 10.9 Å². The molecule has 146 valence electrons. The van der Waals surface area contributed by atoms with Crippen molar-refractivity contribution in [2.45, 2.75) is 32.0 Å². The van der Waals surface area contributed by atoms with Gasteiger partial charge in [-0.15, -0.1) is 0 Å². The molecule has 1 aromatic heterocycles. The van der Waals surface area contributed by atoms with E-state index in [0.29, 0.717) is 22.3 Å². The van der Waals surface area contributed by atoms with Crippen molar-refractivity contribution in [3.63, 3.8) is 0 Å². The lowest BCUT2D eigenvalue weighted by Gasteiger charge is -2.16. The highest BCUT2D eigenvalue weighted by Gasteiger charge is 2.30. The van der Waals surface area contributed by atoms with Crippen LogP contribution in [0.4, 0.5) is 13.2 Å². The molecule has 0 aliphatic heterocycles. The first-order valence-electron chi connectivity index (χ1n) is 8.68. The number of aromatic amines is 1. The Labute approximate surface area is 158 Å². The fourth-order valence-electron chi connectivity index (χ4n) is 2.87. The van der Waals surface area contributed by atoms with Crippen molar-refractivity contribution < 1.29 is 18.0 Å². The highest BCUT2D eigenvalue weighted by molar-refractivity contribution is 5.78. The number of benzene rings is 2. The van der Waals surface area contributed by atoms with Gasteiger partial charge in [0.25, 0.3) is 5.56 Å². The maximum Gasteiger partial charge on any atom is 0.416 e. The summed E-state index contributed by atoms with van der Waals surface area (Å²) in [6, 6.07) is 11.1. The van der Waals surface area contributed by atoms with Crippen LogP contribution in [0.2, 0.25) is 0 Å². The zero-order chi connectivity index (χ0) is 20.3. The minimum Gasteiger partial charge on any atom is -0.350 e. The van der Waals surface area contributed by atoms with Crippen molar-refractivity contribution >= 4 is 16.8 Å². The standard InChI is InChI=1S/C20H18F3N3O2/c1-12(13-5-4-6-14(11-13)20(21,22)23)24-18(27)10-9-17-25-16-8-3-2-7-15(16)19(28)26-17/h2-8,11-12H,9-10H2,1H3,(H,24,27)(H,25,26,28)/t12-/m1/s1. The number of nitrogens with one attached hydrogen (secondary N) is 2. The van der Waals surface area contributed by atoms with E-state index in [-0.39, 0.29) is 24.3 Å². The predicted octanol–water partition coefficient (Wildman–Crippen LogP) is 3.75. The third-order valence-electron chi connectivity index (χ3n) is 4.34. The van der Waals surface area contributed by atoms with Crippen molar-refractivity contribution in [1.29, 1.82) is 0 Å². The molecule has 8 heteroatoms. The zero-order valence-electron chi connectivity index (χ0n) is 15.0. The van der Waals surface area contributed by atoms with Crippen molar-refractivity contribution in [3.05, 3.63) is 75.8 Å². The molecule has 0 unspecified atom stereocenters. The molecule has 1 amide bonds. The highest BCUT2D eigenvalue weighted by Crippen LogP contribution is 2.30. The molecule has 5 nitrogen and oxygen atoms in total. The van der Waals surface area contributed by atoms with Crippen LogP contribution in [-0.2, 0) is 17.4 Å². The summed E-state index contributed by atoms with van der Waals surface area (Å²) < 4.78 is 38.5. The second-order valence-corrected chi connectivity index (χ2v) is 6.44. The molecule has 0 aliphatic carbocycles. The van der Waals surface area contributed by atoms with Crippen LogP contribution in [0.1, 0.15) is 36.3 Å². The molecular weight excluding hydrogens is 371 g/mol. The van der Waals surface area contributed by atoms with E-state index in [4.69, 9.17) is 0 Å². The molecule has 0 bridgehead atoms. The van der Waals surface area contributed by atoms with E-state index >= 15 is 0 Å². The quantitative estimate of drug-likeness (QED) is 0.698. The van der Waals surface area contributed by atoms with Crippen LogP contribution in [0.15, 0.2) is 53.3 Å². The maximum atomic E-state index is 12.8. The molecular formula is C20H18F3N3O2. The van der Waals surface area contributed by atoms with Gasteiger partial charge >= 0.3 is 6.18 Å². The van der Waals surface area contributed by atoms with Crippen LogP contribution in [0.25, 0.3) is 10.9 Å². The number of carbonyl (C=O) groups excluding carboxylic acids is 1. The van der Waals surface area contributed by atoms with Gasteiger partial charge in [0.1, 0.15) is 5.82 Å². The number of alkyl halides is 3. The summed E-state index contributed by atoms with van der Waals surface area (Å²) in [6.45, 7) is 1.61. The van der Waals surface area contributed by atoms with E-state index in [1.54, 1.807) is 31.2 Å². The SMILES string of the molecule is C[C@@H](NC(=O)CCc1nc2ccccc2c(=O)[nH]1)c1cccc(C(F)(F)F)c1. The Morgan fingerprint density at radius 3 is 2.68 bits per heavy atom. The Hall–Kier alpha value is -3.16. The Morgan fingerprint density at radius 2 is 1.93 bits per heavy atom. The van der Waals surface area contributed by atoms with Gasteiger partial charge in [0.15, 0.2) is 0 Å². The van der Waals surface area contributed by atoms with Gasteiger partial charge < -0.3 is 10.3 Å². The minimum atomic E-state index is -4.44. The number of aryl methyl sites for hydroxylation is 1. The number of aromatic nitrogens is 2. The lowest BCUT2D eigenvalue weighted by atomic mass is 10.0. The summed E-state index contributed by atoms with van der Waals surface area (Å²) in [4.78, 5) is 31.2. The monoisotopic (exact) mass is 389 g/mol. The average molecular weight is 389 g/mol. The van der Waals surface area contributed by atoms with Gasteiger partial charge in [-0.05, 0) is 36.8 Å². The molecule has 3 aromatic rings. The summed E-state index contributed by atoms with van der Waals surface area (Å²) in [5, 5.41) is 3.14. The lowest BCUT2D eigenvalue weighted by molar-refractivity contribution is -0.137. The minimum absolute atomic E-state index is 0.0462. The molecule has 1 heterocycles. The Bertz CT molecular complexity index is 1060. The predicted molar refractivity (Wildman–Crippen MR) is 98.7 cm³/mol. The molecule has 0 radical (unpaired) electrons. The van der Waals surface area contributed by atoms with Crippen LogP contribution >= 0.6 is 0 Å². The van der Waals surface area contributed by atoms with Gasteiger partial charge in [-0.1, -0.05) is 24.3 Å². The van der Waals surface area contributed by atoms with Crippen LogP contribution in [0.5, 0.6) is 0 Å². The molecule has 2 N–H and O–H groups in total. The summed E-state index contributed by atoms with van der Waals surface area (Å²) >= 11 is 0. The molecule has 0 saturated heterocycles. The lowest BCUT2D eigenvalue weighted by Crippen LogP contribution is -2.27. The average Bonchev–Trinajstić information content (AvgIpc) is 2.66. The van der Waals surface area contributed by atoms with E-state index in [2.05, 4.69) is 15.3 Å². The number of hydrogen-bond donors (Lipinski definition) is 2. The molecule has 0 fully saturated rings. The normalized spacial score (nSPS) is 12.7. The number of nitrogens with zero attached hydrogens (tertiary/aromatic N) is 1. The van der Waals surface area contributed by atoms with Gasteiger partial charge in [-0.3, -0.25) is 9.59 Å². The van der Waals surface area contributed by atoms with Gasteiger partial charge in [0.05, 0.1) is 22.5 Å². The number of carbonyl (C=O) groups is 1. The van der Waals surface area contributed by atoms with Gasteiger partial charge in [0, 0.05) is 12.8 Å². The molecule has 0 aliphatic rings. The second-order valence-electron chi connectivity index (χ2n) is 6.44. The number of H-pyrrole nitrogens is 1. The number of amides is 1. The zero-order valence-corrected chi connectivity index (χ0v) is 15.0. The second kappa shape index (κ2) is 7.84. The van der Waals surface area contributed by atoms with Crippen molar-refractivity contribution in [2.24, 2.45) is 0 Å². The van der Waals surface area contributed by atoms with E-state index in [1.807, 2.05) is 0 Å². The van der Waals surface area contributed by atoms with E-state index in [0.717, 1.165) is 12.1 Å².